The summed E-state index contributed by atoms with van der Waals surface area (Å²) in [6.45, 7) is 6.04. The molecular weight excluding hydrogens is 583 g/mol. The van der Waals surface area contributed by atoms with Crippen LogP contribution in [0.25, 0.3) is 11.5 Å². The number of aromatic nitrogens is 1. The van der Waals surface area contributed by atoms with Gasteiger partial charge in [-0.25, -0.2) is 14.2 Å². The lowest BCUT2D eigenvalue weighted by Gasteiger charge is -2.39. The lowest BCUT2D eigenvalue weighted by molar-refractivity contribution is -0.0710. The highest BCUT2D eigenvalue weighted by Gasteiger charge is 2.48. The number of primary amides is 1. The fourth-order valence-electron chi connectivity index (χ4n) is 4.34. The van der Waals surface area contributed by atoms with Crippen LogP contribution >= 0.6 is 0 Å². The molecule has 3 aromatic rings. The normalized spacial score (nSPS) is 14.6. The highest BCUT2D eigenvalue weighted by atomic mass is 19.3. The number of carbonyl (C=O) groups is 2. The summed E-state index contributed by atoms with van der Waals surface area (Å²) in [7, 11) is 0. The molecule has 1 saturated carbocycles. The van der Waals surface area contributed by atoms with Gasteiger partial charge in [0, 0.05) is 17.0 Å². The Kier molecular flexibility index (Phi) is 9.65. The highest BCUT2D eigenvalue weighted by molar-refractivity contribution is 5.94. The summed E-state index contributed by atoms with van der Waals surface area (Å²) in [5.41, 5.74) is 3.42. The van der Waals surface area contributed by atoms with Gasteiger partial charge in [0.05, 0.1) is 25.3 Å². The minimum atomic E-state index is -3.06. The number of carbonyl (C=O) groups excluding carboxylic acids is 2. The molecule has 2 aromatic carbocycles. The van der Waals surface area contributed by atoms with E-state index < -0.39 is 35.4 Å². The van der Waals surface area contributed by atoms with E-state index in [1.54, 1.807) is 34.6 Å². The summed E-state index contributed by atoms with van der Waals surface area (Å²) < 4.78 is 68.3. The van der Waals surface area contributed by atoms with E-state index in [-0.39, 0.29) is 46.7 Å². The van der Waals surface area contributed by atoms with Gasteiger partial charge in [0.2, 0.25) is 5.89 Å². The van der Waals surface area contributed by atoms with Gasteiger partial charge in [0.15, 0.2) is 22.9 Å². The zero-order valence-electron chi connectivity index (χ0n) is 25.2. The monoisotopic (exact) mass is 619 g/mol. The van der Waals surface area contributed by atoms with Crippen LogP contribution in [0.5, 0.6) is 17.2 Å². The molecule has 238 valence electrons. The quantitative estimate of drug-likeness (QED) is 0.220. The van der Waals surface area contributed by atoms with Crippen LogP contribution in [0.1, 0.15) is 69.3 Å². The fourth-order valence-corrected chi connectivity index (χ4v) is 4.34. The fraction of sp³-hybridized carbons (Fsp3) is 0.452. The number of alkyl halides is 2. The Hall–Kier alpha value is -4.42. The number of nitrogens with zero attached hydrogens (tertiary/aromatic N) is 1. The predicted octanol–water partition coefficient (Wildman–Crippen LogP) is 6.56. The molecule has 3 N–H and O–H groups in total. The van der Waals surface area contributed by atoms with Crippen molar-refractivity contribution in [2.75, 3.05) is 13.2 Å². The summed E-state index contributed by atoms with van der Waals surface area (Å²) in [6.07, 6.45) is 0.889. The van der Waals surface area contributed by atoms with Crippen molar-refractivity contribution in [3.8, 4) is 28.7 Å². The summed E-state index contributed by atoms with van der Waals surface area (Å²) in [6, 6.07) is 8.11. The zero-order valence-corrected chi connectivity index (χ0v) is 25.2. The third kappa shape index (κ3) is 7.56. The molecular formula is C31H36F3N3O7. The van der Waals surface area contributed by atoms with Crippen LogP contribution < -0.4 is 25.3 Å². The Morgan fingerprint density at radius 2 is 1.82 bits per heavy atom. The number of nitrogens with one attached hydrogen (secondary N) is 1. The molecule has 1 atom stereocenters. The van der Waals surface area contributed by atoms with Crippen molar-refractivity contribution < 1.29 is 46.1 Å². The Balaban J connectivity index is 1.72. The van der Waals surface area contributed by atoms with E-state index >= 15 is 0 Å². The van der Waals surface area contributed by atoms with E-state index in [0.29, 0.717) is 24.7 Å². The molecule has 2 amide bonds. The molecule has 0 aliphatic heterocycles. The number of rotatable bonds is 13. The van der Waals surface area contributed by atoms with Crippen molar-refractivity contribution in [1.82, 2.24) is 10.3 Å². The van der Waals surface area contributed by atoms with Gasteiger partial charge in [-0.15, -0.1) is 0 Å². The van der Waals surface area contributed by atoms with Crippen LogP contribution in [-0.4, -0.2) is 36.8 Å². The van der Waals surface area contributed by atoms with Crippen molar-refractivity contribution >= 4 is 12.0 Å². The number of ether oxygens (including phenoxy) is 4. The van der Waals surface area contributed by atoms with Crippen LogP contribution in [-0.2, 0) is 16.9 Å². The molecule has 44 heavy (non-hydrogen) atoms. The maximum absolute atomic E-state index is 14.7. The molecule has 13 heteroatoms. The first-order chi connectivity index (χ1) is 20.7. The van der Waals surface area contributed by atoms with E-state index in [2.05, 4.69) is 15.0 Å². The van der Waals surface area contributed by atoms with E-state index in [4.69, 9.17) is 24.4 Å². The van der Waals surface area contributed by atoms with E-state index in [1.807, 2.05) is 0 Å². The lowest BCUT2D eigenvalue weighted by atomic mass is 9.75. The second-order valence-electron chi connectivity index (χ2n) is 11.6. The van der Waals surface area contributed by atoms with Crippen molar-refractivity contribution in [3.63, 3.8) is 0 Å². The van der Waals surface area contributed by atoms with Gasteiger partial charge in [-0.2, -0.15) is 8.78 Å². The Labute approximate surface area is 253 Å². The standard InChI is InChI=1S/C31H36F3N3O7/c1-6-40-19-10-11-20(21(32)14-19)26(38)36-15-22-25(31(5,30(2,3)4)44-29(35)39)43-27(37-22)18-9-12-23(42-28(33)34)24(13-18)41-16-17-7-8-17/h9-14,17,28H,6-8,15-16H2,1-5H3,(H2,35,39)(H,36,38). The molecule has 1 aliphatic carbocycles. The van der Waals surface area contributed by atoms with Gasteiger partial charge in [-0.3, -0.25) is 4.79 Å². The number of halogens is 3. The SMILES string of the molecule is CCOc1ccc(C(=O)NCc2nc(-c3ccc(OC(F)F)c(OCC4CC4)c3)oc2C(C)(OC(N)=O)C(C)(C)C)c(F)c1. The average Bonchev–Trinajstić information content (AvgIpc) is 3.66. The largest absolute Gasteiger partial charge is 0.494 e. The molecule has 0 radical (unpaired) electrons. The summed E-state index contributed by atoms with van der Waals surface area (Å²) in [5.74, 6) is -0.908. The number of oxazole rings is 1. The van der Waals surface area contributed by atoms with Crippen LogP contribution in [0.4, 0.5) is 18.0 Å². The highest BCUT2D eigenvalue weighted by Crippen LogP contribution is 2.46. The number of benzene rings is 2. The Morgan fingerprint density at radius 3 is 2.41 bits per heavy atom. The van der Waals surface area contributed by atoms with Crippen molar-refractivity contribution in [2.24, 2.45) is 17.1 Å². The maximum atomic E-state index is 14.7. The molecule has 0 saturated heterocycles. The van der Waals surface area contributed by atoms with Crippen molar-refractivity contribution in [1.29, 1.82) is 0 Å². The number of hydrogen-bond acceptors (Lipinski definition) is 8. The molecule has 10 nitrogen and oxygen atoms in total. The van der Waals surface area contributed by atoms with Gasteiger partial charge in [-0.05, 0) is 62.9 Å². The van der Waals surface area contributed by atoms with Gasteiger partial charge >= 0.3 is 12.7 Å². The number of hydrogen-bond donors (Lipinski definition) is 2. The maximum Gasteiger partial charge on any atom is 0.405 e. The molecule has 0 spiro atoms. The minimum Gasteiger partial charge on any atom is -0.494 e. The summed E-state index contributed by atoms with van der Waals surface area (Å²) in [4.78, 5) is 29.5. The molecule has 1 fully saturated rings. The summed E-state index contributed by atoms with van der Waals surface area (Å²) >= 11 is 0. The predicted molar refractivity (Wildman–Crippen MR) is 153 cm³/mol. The van der Waals surface area contributed by atoms with Crippen molar-refractivity contribution in [2.45, 2.75) is 66.2 Å². The van der Waals surface area contributed by atoms with Gasteiger partial charge in [-0.1, -0.05) is 20.8 Å². The molecule has 1 aromatic heterocycles. The van der Waals surface area contributed by atoms with E-state index in [9.17, 15) is 22.8 Å². The first-order valence-corrected chi connectivity index (χ1v) is 14.1. The molecule has 0 bridgehead atoms. The average molecular weight is 620 g/mol. The van der Waals surface area contributed by atoms with Crippen LogP contribution in [0, 0.1) is 17.2 Å². The third-order valence-electron chi connectivity index (χ3n) is 7.36. The topological polar surface area (TPSA) is 135 Å². The second kappa shape index (κ2) is 13.1. The first kappa shape index (κ1) is 32.5. The van der Waals surface area contributed by atoms with Crippen LogP contribution in [0.15, 0.2) is 40.8 Å². The smallest absolute Gasteiger partial charge is 0.405 e. The third-order valence-corrected chi connectivity index (χ3v) is 7.36. The van der Waals surface area contributed by atoms with Crippen LogP contribution in [0.3, 0.4) is 0 Å². The van der Waals surface area contributed by atoms with Crippen LogP contribution in [0.2, 0.25) is 0 Å². The summed E-state index contributed by atoms with van der Waals surface area (Å²) in [5, 5.41) is 2.63. The molecule has 1 aliphatic rings. The Bertz CT molecular complexity index is 1500. The lowest BCUT2D eigenvalue weighted by Crippen LogP contribution is -2.43. The molecule has 4 rings (SSSR count). The van der Waals surface area contributed by atoms with E-state index in [0.717, 1.165) is 18.9 Å². The van der Waals surface area contributed by atoms with Gasteiger partial charge in [0.1, 0.15) is 17.3 Å². The first-order valence-electron chi connectivity index (χ1n) is 14.1. The minimum absolute atomic E-state index is 0.0138. The molecule has 1 heterocycles. The number of nitrogens with two attached hydrogens (primary N) is 1. The van der Waals surface area contributed by atoms with E-state index in [1.165, 1.54) is 30.3 Å². The Morgan fingerprint density at radius 1 is 1.09 bits per heavy atom. The van der Waals surface area contributed by atoms with Gasteiger partial charge < -0.3 is 34.4 Å². The number of amides is 2. The molecule has 1 unspecified atom stereocenters. The second-order valence-corrected chi connectivity index (χ2v) is 11.6. The van der Waals surface area contributed by atoms with Crippen molar-refractivity contribution in [3.05, 3.63) is 59.2 Å². The van der Waals surface area contributed by atoms with Gasteiger partial charge in [0.25, 0.3) is 5.91 Å². The zero-order chi connectivity index (χ0) is 32.2.